The summed E-state index contributed by atoms with van der Waals surface area (Å²) < 4.78 is 6.37. The van der Waals surface area contributed by atoms with Gasteiger partial charge in [-0.2, -0.15) is 0 Å². The molecule has 0 saturated heterocycles. The lowest BCUT2D eigenvalue weighted by Crippen LogP contribution is -2.36. The standard InChI is InChI=1S/C27H38O4/c1-18(2)15-24(26(29)30)20(4)11-7-9-19(3)10-8-13-27(6)14-12-22-17-23(28)16-21(5)25(22)31-27/h10-11,15-17,24,28H,7-9,12-14H2,1-6H3,(H,29,30)/b19-10+,20-11+/t24-,27-/m1/s1. The molecule has 2 N–H and O–H groups in total. The smallest absolute Gasteiger partial charge is 0.314 e. The minimum Gasteiger partial charge on any atom is -0.508 e. The van der Waals surface area contributed by atoms with Crippen molar-refractivity contribution in [3.63, 3.8) is 0 Å². The van der Waals surface area contributed by atoms with Gasteiger partial charge in [0.2, 0.25) is 0 Å². The zero-order chi connectivity index (χ0) is 23.2. The lowest BCUT2D eigenvalue weighted by molar-refractivity contribution is -0.138. The number of hydrogen-bond acceptors (Lipinski definition) is 3. The van der Waals surface area contributed by atoms with Crippen molar-refractivity contribution in [1.29, 1.82) is 0 Å². The zero-order valence-corrected chi connectivity index (χ0v) is 19.9. The SMILES string of the molecule is CC(C)=C[C@@H](C(=O)O)/C(C)=C/CC/C(C)=C/CC[C@]1(C)CCc2cc(O)cc(C)c2O1. The maximum Gasteiger partial charge on any atom is 0.314 e. The summed E-state index contributed by atoms with van der Waals surface area (Å²) in [5, 5.41) is 19.2. The molecule has 1 aliphatic heterocycles. The Labute approximate surface area is 187 Å². The normalized spacial score (nSPS) is 19.9. The van der Waals surface area contributed by atoms with Crippen LogP contribution in [0.2, 0.25) is 0 Å². The number of ether oxygens (including phenoxy) is 1. The molecule has 0 aromatic heterocycles. The fraction of sp³-hybridized carbons (Fsp3) is 0.519. The van der Waals surface area contributed by atoms with Gasteiger partial charge in [-0.3, -0.25) is 4.79 Å². The molecule has 2 rings (SSSR count). The average Bonchev–Trinajstić information content (AvgIpc) is 2.66. The van der Waals surface area contributed by atoms with Crippen LogP contribution in [0.3, 0.4) is 0 Å². The number of carboxylic acids is 1. The Morgan fingerprint density at radius 2 is 1.90 bits per heavy atom. The maximum absolute atomic E-state index is 11.5. The topological polar surface area (TPSA) is 66.8 Å². The van der Waals surface area contributed by atoms with E-state index in [0.29, 0.717) is 5.75 Å². The van der Waals surface area contributed by atoms with Gasteiger partial charge in [-0.1, -0.05) is 34.9 Å². The molecule has 0 aliphatic carbocycles. The summed E-state index contributed by atoms with van der Waals surface area (Å²) in [5.41, 5.74) is 5.12. The molecular formula is C27H38O4. The highest BCUT2D eigenvalue weighted by Gasteiger charge is 2.32. The molecule has 2 atom stereocenters. The third-order valence-corrected chi connectivity index (χ3v) is 6.04. The predicted octanol–water partition coefficient (Wildman–Crippen LogP) is 6.90. The van der Waals surface area contributed by atoms with Crippen LogP contribution in [0.1, 0.15) is 77.8 Å². The van der Waals surface area contributed by atoms with Crippen molar-refractivity contribution >= 4 is 5.97 Å². The largest absolute Gasteiger partial charge is 0.508 e. The Hall–Kier alpha value is -2.49. The zero-order valence-electron chi connectivity index (χ0n) is 19.9. The van der Waals surface area contributed by atoms with Gasteiger partial charge in [-0.15, -0.1) is 0 Å². The lowest BCUT2D eigenvalue weighted by Gasteiger charge is -2.36. The minimum atomic E-state index is -0.796. The molecule has 1 aliphatic rings. The number of benzene rings is 1. The molecule has 170 valence electrons. The van der Waals surface area contributed by atoms with E-state index in [9.17, 15) is 15.0 Å². The predicted molar refractivity (Wildman–Crippen MR) is 127 cm³/mol. The van der Waals surface area contributed by atoms with E-state index in [0.717, 1.165) is 66.5 Å². The van der Waals surface area contributed by atoms with Crippen LogP contribution in [-0.2, 0) is 11.2 Å². The first-order chi connectivity index (χ1) is 14.5. The van der Waals surface area contributed by atoms with Crippen LogP contribution >= 0.6 is 0 Å². The average molecular weight is 427 g/mol. The second-order valence-corrected chi connectivity index (χ2v) is 9.44. The molecule has 4 heteroatoms. The number of aryl methyl sites for hydroxylation is 2. The van der Waals surface area contributed by atoms with Gasteiger partial charge in [-0.25, -0.2) is 0 Å². The van der Waals surface area contributed by atoms with Crippen LogP contribution in [0, 0.1) is 12.8 Å². The van der Waals surface area contributed by atoms with Crippen molar-refractivity contribution in [2.24, 2.45) is 5.92 Å². The Kier molecular flexibility index (Phi) is 8.55. The highest BCUT2D eigenvalue weighted by atomic mass is 16.5. The van der Waals surface area contributed by atoms with Crippen LogP contribution in [0.15, 0.2) is 47.1 Å². The minimum absolute atomic E-state index is 0.193. The van der Waals surface area contributed by atoms with Crippen LogP contribution in [-0.4, -0.2) is 21.8 Å². The van der Waals surface area contributed by atoms with E-state index in [1.165, 1.54) is 5.57 Å². The van der Waals surface area contributed by atoms with Crippen molar-refractivity contribution in [3.8, 4) is 11.5 Å². The molecular weight excluding hydrogens is 388 g/mol. The van der Waals surface area contributed by atoms with Crippen LogP contribution in [0.5, 0.6) is 11.5 Å². The molecule has 1 heterocycles. The highest BCUT2D eigenvalue weighted by molar-refractivity contribution is 5.75. The number of allylic oxidation sites excluding steroid dienone is 4. The van der Waals surface area contributed by atoms with Crippen molar-refractivity contribution in [3.05, 3.63) is 58.2 Å². The van der Waals surface area contributed by atoms with Crippen LogP contribution in [0.4, 0.5) is 0 Å². The third-order valence-electron chi connectivity index (χ3n) is 6.04. The molecule has 0 unspecified atom stereocenters. The van der Waals surface area contributed by atoms with Gasteiger partial charge in [-0.05, 0) is 103 Å². The van der Waals surface area contributed by atoms with Gasteiger partial charge >= 0.3 is 5.97 Å². The first-order valence-corrected chi connectivity index (χ1v) is 11.2. The monoisotopic (exact) mass is 426 g/mol. The van der Waals surface area contributed by atoms with Crippen molar-refractivity contribution in [2.45, 2.75) is 85.7 Å². The summed E-state index contributed by atoms with van der Waals surface area (Å²) in [5.74, 6) is -0.0973. The number of phenols is 1. The Morgan fingerprint density at radius 3 is 2.55 bits per heavy atom. The van der Waals surface area contributed by atoms with Crippen LogP contribution in [0.25, 0.3) is 0 Å². The molecule has 0 spiro atoms. The number of fused-ring (bicyclic) bond motifs is 1. The number of rotatable bonds is 9. The van der Waals surface area contributed by atoms with Crippen molar-refractivity contribution in [1.82, 2.24) is 0 Å². The molecule has 1 aromatic carbocycles. The summed E-state index contributed by atoms with van der Waals surface area (Å²) in [7, 11) is 0. The van der Waals surface area contributed by atoms with Gasteiger partial charge in [0.25, 0.3) is 0 Å². The number of aromatic hydroxyl groups is 1. The first kappa shape index (κ1) is 24.8. The van der Waals surface area contributed by atoms with Gasteiger partial charge in [0.1, 0.15) is 17.1 Å². The van der Waals surface area contributed by atoms with E-state index in [1.807, 2.05) is 39.8 Å². The van der Waals surface area contributed by atoms with E-state index < -0.39 is 11.9 Å². The fourth-order valence-corrected chi connectivity index (χ4v) is 4.14. The second kappa shape index (κ2) is 10.7. The Morgan fingerprint density at radius 1 is 1.19 bits per heavy atom. The van der Waals surface area contributed by atoms with E-state index in [4.69, 9.17) is 4.74 Å². The Balaban J connectivity index is 1.89. The maximum atomic E-state index is 11.5. The van der Waals surface area contributed by atoms with Gasteiger partial charge in [0.15, 0.2) is 0 Å². The summed E-state index contributed by atoms with van der Waals surface area (Å²) in [6.45, 7) is 12.0. The number of carboxylic acid groups (broad SMARTS) is 1. The molecule has 0 amide bonds. The summed E-state index contributed by atoms with van der Waals surface area (Å²) in [6.07, 6.45) is 11.7. The van der Waals surface area contributed by atoms with Crippen molar-refractivity contribution in [2.75, 3.05) is 0 Å². The van der Waals surface area contributed by atoms with Crippen LogP contribution < -0.4 is 4.74 Å². The lowest BCUT2D eigenvalue weighted by atomic mass is 9.87. The molecule has 0 bridgehead atoms. The van der Waals surface area contributed by atoms with Gasteiger partial charge in [0.05, 0.1) is 5.92 Å². The Bertz CT molecular complexity index is 887. The van der Waals surface area contributed by atoms with Crippen molar-refractivity contribution < 1.29 is 19.7 Å². The summed E-state index contributed by atoms with van der Waals surface area (Å²) >= 11 is 0. The molecule has 31 heavy (non-hydrogen) atoms. The fourth-order valence-electron chi connectivity index (χ4n) is 4.14. The second-order valence-electron chi connectivity index (χ2n) is 9.44. The number of hydrogen-bond donors (Lipinski definition) is 2. The summed E-state index contributed by atoms with van der Waals surface area (Å²) in [4.78, 5) is 11.5. The van der Waals surface area contributed by atoms with Gasteiger partial charge < -0.3 is 14.9 Å². The third kappa shape index (κ3) is 7.30. The van der Waals surface area contributed by atoms with E-state index >= 15 is 0 Å². The first-order valence-electron chi connectivity index (χ1n) is 11.2. The molecule has 0 fully saturated rings. The highest BCUT2D eigenvalue weighted by Crippen LogP contribution is 2.39. The number of aliphatic carboxylic acids is 1. The molecule has 1 aromatic rings. The summed E-state index contributed by atoms with van der Waals surface area (Å²) in [6, 6.07) is 3.57. The quantitative estimate of drug-likeness (QED) is 0.421. The number of carbonyl (C=O) groups is 1. The van der Waals surface area contributed by atoms with E-state index in [2.05, 4.69) is 26.0 Å². The molecule has 4 nitrogen and oxygen atoms in total. The number of phenolic OH excluding ortho intramolecular Hbond substituents is 1. The molecule has 0 radical (unpaired) electrons. The van der Waals surface area contributed by atoms with E-state index in [-0.39, 0.29) is 5.60 Å². The van der Waals surface area contributed by atoms with E-state index in [1.54, 1.807) is 6.07 Å². The van der Waals surface area contributed by atoms with Gasteiger partial charge in [0, 0.05) is 0 Å². The molecule has 0 saturated carbocycles.